The molecule has 2 aliphatic rings. The van der Waals surface area contributed by atoms with Gasteiger partial charge in [-0.15, -0.1) is 0 Å². The third-order valence-electron chi connectivity index (χ3n) is 3.75. The lowest BCUT2D eigenvalue weighted by atomic mass is 9.76. The monoisotopic (exact) mass is 196 g/mol. The third-order valence-corrected chi connectivity index (χ3v) is 3.75. The molecule has 14 heavy (non-hydrogen) atoms. The van der Waals surface area contributed by atoms with Gasteiger partial charge >= 0.3 is 0 Å². The molecular weight excluding hydrogens is 172 g/mol. The minimum Gasteiger partial charge on any atom is -0.314 e. The van der Waals surface area contributed by atoms with Crippen LogP contribution in [-0.4, -0.2) is 24.7 Å². The molecule has 2 heteroatoms. The van der Waals surface area contributed by atoms with E-state index in [1.54, 1.807) is 0 Å². The molecule has 1 aliphatic heterocycles. The Balaban J connectivity index is 1.94. The summed E-state index contributed by atoms with van der Waals surface area (Å²) in [5.74, 6) is 0.903. The van der Waals surface area contributed by atoms with E-state index in [2.05, 4.69) is 24.5 Å². The summed E-state index contributed by atoms with van der Waals surface area (Å²) in [5.41, 5.74) is 0. The van der Waals surface area contributed by atoms with Gasteiger partial charge in [0.1, 0.15) is 0 Å². The van der Waals surface area contributed by atoms with E-state index < -0.39 is 0 Å². The molecule has 0 amide bonds. The van der Waals surface area contributed by atoms with Crippen LogP contribution in [0.3, 0.4) is 0 Å². The van der Waals surface area contributed by atoms with Crippen LogP contribution in [0.15, 0.2) is 0 Å². The molecule has 82 valence electrons. The largest absolute Gasteiger partial charge is 0.314 e. The van der Waals surface area contributed by atoms with Crippen LogP contribution in [0.5, 0.6) is 0 Å². The van der Waals surface area contributed by atoms with Gasteiger partial charge in [0.05, 0.1) is 0 Å². The maximum Gasteiger partial charge on any atom is 0.0125 e. The molecule has 2 rings (SSSR count). The first-order valence-corrected chi connectivity index (χ1v) is 6.27. The van der Waals surface area contributed by atoms with Crippen molar-refractivity contribution >= 4 is 0 Å². The Labute approximate surface area is 87.8 Å². The predicted octanol–water partition coefficient (Wildman–Crippen LogP) is 1.91. The van der Waals surface area contributed by atoms with Crippen molar-refractivity contribution in [2.75, 3.05) is 6.54 Å². The smallest absolute Gasteiger partial charge is 0.0125 e. The Kier molecular flexibility index (Phi) is 3.45. The van der Waals surface area contributed by atoms with Gasteiger partial charge in [-0.2, -0.15) is 0 Å². The maximum absolute atomic E-state index is 3.74. The molecule has 1 heterocycles. The van der Waals surface area contributed by atoms with Crippen LogP contribution >= 0.6 is 0 Å². The molecular formula is C12H24N2. The number of hydrogen-bond acceptors (Lipinski definition) is 2. The lowest BCUT2D eigenvalue weighted by molar-refractivity contribution is 0.155. The molecule has 0 aromatic heterocycles. The van der Waals surface area contributed by atoms with Crippen molar-refractivity contribution in [1.29, 1.82) is 0 Å². The second kappa shape index (κ2) is 4.63. The minimum absolute atomic E-state index is 0.640. The van der Waals surface area contributed by atoms with Crippen molar-refractivity contribution in [3.05, 3.63) is 0 Å². The van der Waals surface area contributed by atoms with E-state index in [-0.39, 0.29) is 0 Å². The van der Waals surface area contributed by atoms with Gasteiger partial charge in [0, 0.05) is 18.1 Å². The molecule has 0 unspecified atom stereocenters. The first-order valence-electron chi connectivity index (χ1n) is 6.27. The van der Waals surface area contributed by atoms with Gasteiger partial charge in [0.15, 0.2) is 0 Å². The van der Waals surface area contributed by atoms with Crippen LogP contribution in [0.4, 0.5) is 0 Å². The number of fused-ring (bicyclic) bond motifs is 1. The highest BCUT2D eigenvalue weighted by atomic mass is 15.0. The molecule has 0 aromatic carbocycles. The summed E-state index contributed by atoms with van der Waals surface area (Å²) >= 11 is 0. The second-order valence-electron chi connectivity index (χ2n) is 5.23. The van der Waals surface area contributed by atoms with Gasteiger partial charge in [-0.3, -0.25) is 0 Å². The highest BCUT2D eigenvalue weighted by molar-refractivity contribution is 4.93. The Morgan fingerprint density at radius 1 is 1.14 bits per heavy atom. The molecule has 2 N–H and O–H groups in total. The molecule has 2 fully saturated rings. The zero-order valence-corrected chi connectivity index (χ0v) is 9.55. The topological polar surface area (TPSA) is 24.1 Å². The van der Waals surface area contributed by atoms with Crippen molar-refractivity contribution < 1.29 is 0 Å². The molecule has 0 bridgehead atoms. The highest BCUT2D eigenvalue weighted by Crippen LogP contribution is 2.30. The molecule has 2 nitrogen and oxygen atoms in total. The molecule has 0 spiro atoms. The number of hydrogen-bond donors (Lipinski definition) is 2. The van der Waals surface area contributed by atoms with E-state index in [1.165, 1.54) is 38.6 Å². The van der Waals surface area contributed by atoms with Crippen LogP contribution in [0.1, 0.15) is 46.0 Å². The third kappa shape index (κ3) is 2.29. The fourth-order valence-electron chi connectivity index (χ4n) is 3.17. The van der Waals surface area contributed by atoms with E-state index >= 15 is 0 Å². The average Bonchev–Trinajstić information content (AvgIpc) is 2.18. The van der Waals surface area contributed by atoms with Gasteiger partial charge in [-0.25, -0.2) is 0 Å². The highest BCUT2D eigenvalue weighted by Gasteiger charge is 2.34. The van der Waals surface area contributed by atoms with E-state index in [1.807, 2.05) is 0 Å². The summed E-state index contributed by atoms with van der Waals surface area (Å²) in [6.45, 7) is 5.74. The summed E-state index contributed by atoms with van der Waals surface area (Å²) in [7, 11) is 0. The summed E-state index contributed by atoms with van der Waals surface area (Å²) in [6, 6.07) is 2.23. The Morgan fingerprint density at radius 2 is 1.93 bits per heavy atom. The van der Waals surface area contributed by atoms with Crippen LogP contribution in [0, 0.1) is 5.92 Å². The van der Waals surface area contributed by atoms with Crippen molar-refractivity contribution in [1.82, 2.24) is 10.6 Å². The lowest BCUT2D eigenvalue weighted by Gasteiger charge is -2.43. The molecule has 1 saturated heterocycles. The fraction of sp³-hybridized carbons (Fsp3) is 1.00. The van der Waals surface area contributed by atoms with Gasteiger partial charge in [-0.1, -0.05) is 26.7 Å². The SMILES string of the molecule is CC(C)N[C@@H]1CCN[C@@H]2CCCC[C@@H]21. The summed E-state index contributed by atoms with van der Waals surface area (Å²) < 4.78 is 0. The minimum atomic E-state index is 0.640. The van der Waals surface area contributed by atoms with Gasteiger partial charge < -0.3 is 10.6 Å². The Bertz CT molecular complexity index is 177. The molecule has 0 aromatic rings. The summed E-state index contributed by atoms with van der Waals surface area (Å²) in [5, 5.41) is 7.43. The molecule has 1 aliphatic carbocycles. The van der Waals surface area contributed by atoms with Crippen molar-refractivity contribution in [2.45, 2.75) is 64.1 Å². The van der Waals surface area contributed by atoms with E-state index in [9.17, 15) is 0 Å². The van der Waals surface area contributed by atoms with Crippen LogP contribution < -0.4 is 10.6 Å². The fourth-order valence-corrected chi connectivity index (χ4v) is 3.17. The quantitative estimate of drug-likeness (QED) is 0.705. The number of rotatable bonds is 2. The normalized spacial score (nSPS) is 38.4. The predicted molar refractivity (Wildman–Crippen MR) is 60.4 cm³/mol. The second-order valence-corrected chi connectivity index (χ2v) is 5.23. The van der Waals surface area contributed by atoms with Crippen LogP contribution in [0.25, 0.3) is 0 Å². The zero-order chi connectivity index (χ0) is 9.97. The van der Waals surface area contributed by atoms with Crippen molar-refractivity contribution in [2.24, 2.45) is 5.92 Å². The van der Waals surface area contributed by atoms with Crippen molar-refractivity contribution in [3.63, 3.8) is 0 Å². The summed E-state index contributed by atoms with van der Waals surface area (Å²) in [6.07, 6.45) is 7.03. The average molecular weight is 196 g/mol. The summed E-state index contributed by atoms with van der Waals surface area (Å²) in [4.78, 5) is 0. The number of nitrogens with one attached hydrogen (secondary N) is 2. The van der Waals surface area contributed by atoms with Crippen LogP contribution in [0.2, 0.25) is 0 Å². The standard InChI is InChI=1S/C12H24N2/c1-9(2)14-12-7-8-13-11-6-4-3-5-10(11)12/h9-14H,3-8H2,1-2H3/t10-,11+,12+/m0/s1. The zero-order valence-electron chi connectivity index (χ0n) is 9.55. The number of piperidine rings is 1. The van der Waals surface area contributed by atoms with Gasteiger partial charge in [0.2, 0.25) is 0 Å². The lowest BCUT2D eigenvalue weighted by Crippen LogP contribution is -2.55. The Morgan fingerprint density at radius 3 is 2.71 bits per heavy atom. The molecule has 1 saturated carbocycles. The van der Waals surface area contributed by atoms with E-state index in [4.69, 9.17) is 0 Å². The molecule has 0 radical (unpaired) electrons. The first-order chi connectivity index (χ1) is 6.77. The van der Waals surface area contributed by atoms with E-state index in [0.29, 0.717) is 6.04 Å². The molecule has 3 atom stereocenters. The first kappa shape index (κ1) is 10.4. The maximum atomic E-state index is 3.74. The van der Waals surface area contributed by atoms with Crippen LogP contribution in [-0.2, 0) is 0 Å². The van der Waals surface area contributed by atoms with Gasteiger partial charge in [0.25, 0.3) is 0 Å². The van der Waals surface area contributed by atoms with Crippen molar-refractivity contribution in [3.8, 4) is 0 Å². The van der Waals surface area contributed by atoms with E-state index in [0.717, 1.165) is 18.0 Å². The van der Waals surface area contributed by atoms with Gasteiger partial charge in [-0.05, 0) is 31.7 Å². The Hall–Kier alpha value is -0.0800.